The summed E-state index contributed by atoms with van der Waals surface area (Å²) in [4.78, 5) is 12.1. The second-order valence-corrected chi connectivity index (χ2v) is 4.37. The first-order chi connectivity index (χ1) is 9.52. The van der Waals surface area contributed by atoms with Crippen molar-refractivity contribution in [2.75, 3.05) is 0 Å². The van der Waals surface area contributed by atoms with E-state index < -0.39 is 5.56 Å². The van der Waals surface area contributed by atoms with E-state index in [4.69, 9.17) is 5.26 Å². The fraction of sp³-hybridized carbons (Fsp3) is 0.133. The summed E-state index contributed by atoms with van der Waals surface area (Å²) in [5.74, 6) is -0.375. The average Bonchev–Trinajstić information content (AvgIpc) is 2.38. The summed E-state index contributed by atoms with van der Waals surface area (Å²) >= 11 is 0. The number of hydrogen-bond donors (Lipinski definition) is 0. The lowest BCUT2D eigenvalue weighted by Crippen LogP contribution is -2.22. The quantitative estimate of drug-likeness (QED) is 0.786. The molecule has 0 N–H and O–H groups in total. The maximum Gasteiger partial charge on any atom is 0.289 e. The minimum atomic E-state index is -0.474. The molecule has 20 heavy (non-hydrogen) atoms. The Morgan fingerprint density at radius 2 is 2.10 bits per heavy atom. The summed E-state index contributed by atoms with van der Waals surface area (Å²) < 4.78 is 14.2. The lowest BCUT2D eigenvalue weighted by molar-refractivity contribution is 0.627. The summed E-state index contributed by atoms with van der Waals surface area (Å²) in [5, 5.41) is 13.0. The molecular formula is C15H12FN3O. The molecule has 2 rings (SSSR count). The van der Waals surface area contributed by atoms with Gasteiger partial charge in [0.2, 0.25) is 0 Å². The van der Waals surface area contributed by atoms with E-state index in [2.05, 4.69) is 5.10 Å². The third-order valence-electron chi connectivity index (χ3n) is 2.84. The van der Waals surface area contributed by atoms with Crippen molar-refractivity contribution in [2.45, 2.75) is 13.8 Å². The zero-order valence-electron chi connectivity index (χ0n) is 11.1. The predicted octanol–water partition coefficient (Wildman–Crippen LogP) is 2.36. The number of aromatic nitrogens is 1. The number of nitrogens with zero attached hydrogens (tertiary/aromatic N) is 3. The zero-order valence-corrected chi connectivity index (χ0v) is 11.1. The molecule has 0 bridgehead atoms. The SMILES string of the molecule is Cc1cc(C)n(/N=C\c2cccc(F)c2)c(=O)c1C#N. The Kier molecular flexibility index (Phi) is 3.76. The molecule has 1 aromatic carbocycles. The predicted molar refractivity (Wildman–Crippen MR) is 74.3 cm³/mol. The summed E-state index contributed by atoms with van der Waals surface area (Å²) in [5.41, 5.74) is 1.35. The average molecular weight is 269 g/mol. The number of pyridine rings is 1. The van der Waals surface area contributed by atoms with Gasteiger partial charge in [-0.3, -0.25) is 4.79 Å². The first-order valence-corrected chi connectivity index (χ1v) is 5.96. The first kappa shape index (κ1) is 13.7. The van der Waals surface area contributed by atoms with Gasteiger partial charge in [0.1, 0.15) is 17.4 Å². The normalized spacial score (nSPS) is 10.7. The van der Waals surface area contributed by atoms with Crippen LogP contribution in [-0.2, 0) is 0 Å². The van der Waals surface area contributed by atoms with Crippen LogP contribution in [0.1, 0.15) is 22.4 Å². The standard InChI is InChI=1S/C15H12FN3O/c1-10-6-11(2)19(15(20)14(10)8-17)18-9-12-4-3-5-13(16)7-12/h3-7,9H,1-2H3/b18-9-. The molecule has 0 fully saturated rings. The van der Waals surface area contributed by atoms with Crippen LogP contribution in [0.5, 0.6) is 0 Å². The third-order valence-corrected chi connectivity index (χ3v) is 2.84. The van der Waals surface area contributed by atoms with Crippen LogP contribution >= 0.6 is 0 Å². The molecule has 100 valence electrons. The van der Waals surface area contributed by atoms with Gasteiger partial charge in [-0.05, 0) is 43.2 Å². The Morgan fingerprint density at radius 3 is 2.75 bits per heavy atom. The molecule has 0 unspecified atom stereocenters. The van der Waals surface area contributed by atoms with Gasteiger partial charge >= 0.3 is 0 Å². The van der Waals surface area contributed by atoms with Crippen molar-refractivity contribution in [3.63, 3.8) is 0 Å². The van der Waals surface area contributed by atoms with Gasteiger partial charge in [0, 0.05) is 5.69 Å². The maximum absolute atomic E-state index is 13.0. The van der Waals surface area contributed by atoms with E-state index in [1.54, 1.807) is 32.0 Å². The van der Waals surface area contributed by atoms with Crippen molar-refractivity contribution < 1.29 is 4.39 Å². The van der Waals surface area contributed by atoms with Gasteiger partial charge in [-0.2, -0.15) is 10.4 Å². The summed E-state index contributed by atoms with van der Waals surface area (Å²) in [6.07, 6.45) is 1.38. The number of benzene rings is 1. The summed E-state index contributed by atoms with van der Waals surface area (Å²) in [6.45, 7) is 3.42. The van der Waals surface area contributed by atoms with Gasteiger partial charge in [-0.1, -0.05) is 12.1 Å². The van der Waals surface area contributed by atoms with Crippen LogP contribution in [-0.4, -0.2) is 10.9 Å². The smallest absolute Gasteiger partial charge is 0.266 e. The molecular weight excluding hydrogens is 257 g/mol. The van der Waals surface area contributed by atoms with Gasteiger partial charge in [-0.25, -0.2) is 9.07 Å². The Hall–Kier alpha value is -2.74. The molecule has 1 heterocycles. The fourth-order valence-electron chi connectivity index (χ4n) is 1.87. The van der Waals surface area contributed by atoms with Crippen LogP contribution in [0, 0.1) is 31.0 Å². The number of nitriles is 1. The lowest BCUT2D eigenvalue weighted by Gasteiger charge is -2.06. The molecule has 0 saturated heterocycles. The second kappa shape index (κ2) is 5.49. The molecule has 0 radical (unpaired) electrons. The number of aryl methyl sites for hydroxylation is 2. The van der Waals surface area contributed by atoms with Gasteiger partial charge in [0.25, 0.3) is 5.56 Å². The van der Waals surface area contributed by atoms with Crippen molar-refractivity contribution in [3.05, 3.63) is 68.9 Å². The highest BCUT2D eigenvalue weighted by atomic mass is 19.1. The number of hydrogen-bond acceptors (Lipinski definition) is 3. The molecule has 2 aromatic rings. The summed E-state index contributed by atoms with van der Waals surface area (Å²) in [7, 11) is 0. The topological polar surface area (TPSA) is 58.1 Å². The van der Waals surface area contributed by atoms with E-state index in [-0.39, 0.29) is 11.4 Å². The van der Waals surface area contributed by atoms with Crippen LogP contribution < -0.4 is 5.56 Å². The van der Waals surface area contributed by atoms with E-state index in [0.717, 1.165) is 4.68 Å². The highest BCUT2D eigenvalue weighted by Gasteiger charge is 2.08. The van der Waals surface area contributed by atoms with Crippen molar-refractivity contribution in [3.8, 4) is 6.07 Å². The van der Waals surface area contributed by atoms with E-state index in [1.165, 1.54) is 18.3 Å². The molecule has 5 heteroatoms. The Morgan fingerprint density at radius 1 is 1.35 bits per heavy atom. The highest BCUT2D eigenvalue weighted by molar-refractivity contribution is 5.79. The molecule has 0 aliphatic rings. The van der Waals surface area contributed by atoms with Crippen LogP contribution in [0.4, 0.5) is 4.39 Å². The Bertz CT molecular complexity index is 785. The fourth-order valence-corrected chi connectivity index (χ4v) is 1.87. The van der Waals surface area contributed by atoms with Crippen LogP contribution in [0.3, 0.4) is 0 Å². The largest absolute Gasteiger partial charge is 0.289 e. The van der Waals surface area contributed by atoms with Crippen molar-refractivity contribution in [2.24, 2.45) is 5.10 Å². The van der Waals surface area contributed by atoms with E-state index in [0.29, 0.717) is 16.8 Å². The molecule has 0 aliphatic carbocycles. The number of rotatable bonds is 2. The van der Waals surface area contributed by atoms with E-state index in [1.807, 2.05) is 6.07 Å². The zero-order chi connectivity index (χ0) is 14.7. The van der Waals surface area contributed by atoms with Crippen molar-refractivity contribution in [1.29, 1.82) is 5.26 Å². The summed E-state index contributed by atoms with van der Waals surface area (Å²) in [6, 6.07) is 9.45. The monoisotopic (exact) mass is 269 g/mol. The van der Waals surface area contributed by atoms with Gasteiger partial charge in [0.05, 0.1) is 6.21 Å². The first-order valence-electron chi connectivity index (χ1n) is 5.96. The van der Waals surface area contributed by atoms with Gasteiger partial charge < -0.3 is 0 Å². The van der Waals surface area contributed by atoms with Crippen molar-refractivity contribution >= 4 is 6.21 Å². The van der Waals surface area contributed by atoms with Gasteiger partial charge in [-0.15, -0.1) is 0 Å². The second-order valence-electron chi connectivity index (χ2n) is 4.37. The molecule has 0 saturated carbocycles. The van der Waals surface area contributed by atoms with Crippen molar-refractivity contribution in [1.82, 2.24) is 4.68 Å². The van der Waals surface area contributed by atoms with Crippen LogP contribution in [0.2, 0.25) is 0 Å². The highest BCUT2D eigenvalue weighted by Crippen LogP contribution is 2.06. The molecule has 0 atom stereocenters. The van der Waals surface area contributed by atoms with Gasteiger partial charge in [0.15, 0.2) is 0 Å². The van der Waals surface area contributed by atoms with Crippen LogP contribution in [0.15, 0.2) is 40.2 Å². The molecule has 0 spiro atoms. The van der Waals surface area contributed by atoms with E-state index in [9.17, 15) is 9.18 Å². The minimum absolute atomic E-state index is 0.0620. The molecule has 0 aliphatic heterocycles. The molecule has 1 aromatic heterocycles. The Labute approximate surface area is 115 Å². The molecule has 4 nitrogen and oxygen atoms in total. The minimum Gasteiger partial charge on any atom is -0.266 e. The van der Waals surface area contributed by atoms with E-state index >= 15 is 0 Å². The third kappa shape index (κ3) is 2.64. The number of halogens is 1. The lowest BCUT2D eigenvalue weighted by atomic mass is 10.1. The van der Waals surface area contributed by atoms with Crippen LogP contribution in [0.25, 0.3) is 0 Å². The Balaban J connectivity index is 2.50. The molecule has 0 amide bonds. The maximum atomic E-state index is 13.0.